The van der Waals surface area contributed by atoms with E-state index in [2.05, 4.69) is 5.32 Å². The van der Waals surface area contributed by atoms with Gasteiger partial charge < -0.3 is 5.32 Å². The SMILES string of the molecule is O=C1C=C(NCCC2CC2)C(=O)c2ccccc21. The van der Waals surface area contributed by atoms with Crippen LogP contribution in [0.1, 0.15) is 40.0 Å². The van der Waals surface area contributed by atoms with Gasteiger partial charge >= 0.3 is 0 Å². The van der Waals surface area contributed by atoms with Crippen molar-refractivity contribution < 1.29 is 9.59 Å². The van der Waals surface area contributed by atoms with Gasteiger partial charge in [0.25, 0.3) is 0 Å². The molecule has 2 aliphatic carbocycles. The molecule has 1 fully saturated rings. The number of ketones is 2. The Bertz CT molecular complexity index is 541. The van der Waals surface area contributed by atoms with Gasteiger partial charge in [-0.2, -0.15) is 0 Å². The molecule has 0 bridgehead atoms. The molecule has 0 unspecified atom stereocenters. The van der Waals surface area contributed by atoms with Crippen LogP contribution in [0.15, 0.2) is 36.0 Å². The number of benzene rings is 1. The van der Waals surface area contributed by atoms with Crippen LogP contribution >= 0.6 is 0 Å². The Morgan fingerprint density at radius 2 is 1.83 bits per heavy atom. The first-order chi connectivity index (χ1) is 8.75. The van der Waals surface area contributed by atoms with Crippen molar-refractivity contribution in [1.82, 2.24) is 5.32 Å². The van der Waals surface area contributed by atoms with Gasteiger partial charge in [0.05, 0.1) is 5.70 Å². The number of hydrogen-bond acceptors (Lipinski definition) is 3. The van der Waals surface area contributed by atoms with Crippen LogP contribution in [0.4, 0.5) is 0 Å². The number of rotatable bonds is 4. The first-order valence-corrected chi connectivity index (χ1v) is 6.39. The van der Waals surface area contributed by atoms with Gasteiger partial charge in [-0.15, -0.1) is 0 Å². The van der Waals surface area contributed by atoms with E-state index in [1.54, 1.807) is 24.3 Å². The van der Waals surface area contributed by atoms with Gasteiger partial charge in [-0.1, -0.05) is 37.1 Å². The number of hydrogen-bond donors (Lipinski definition) is 1. The average Bonchev–Trinajstić information content (AvgIpc) is 3.19. The molecule has 92 valence electrons. The number of allylic oxidation sites excluding steroid dienone is 2. The summed E-state index contributed by atoms with van der Waals surface area (Å²) in [5.41, 5.74) is 1.47. The molecule has 1 N–H and O–H groups in total. The van der Waals surface area contributed by atoms with E-state index >= 15 is 0 Å². The molecule has 1 aromatic carbocycles. The summed E-state index contributed by atoms with van der Waals surface area (Å²) < 4.78 is 0. The third-order valence-corrected chi connectivity index (χ3v) is 3.52. The second-order valence-electron chi connectivity index (χ2n) is 4.96. The lowest BCUT2D eigenvalue weighted by Gasteiger charge is -2.16. The normalized spacial score (nSPS) is 18.3. The number of fused-ring (bicyclic) bond motifs is 1. The largest absolute Gasteiger partial charge is 0.382 e. The molecule has 3 nitrogen and oxygen atoms in total. The molecule has 2 aliphatic rings. The van der Waals surface area contributed by atoms with Gasteiger partial charge in [0.2, 0.25) is 5.78 Å². The molecular weight excluding hydrogens is 226 g/mol. The standard InChI is InChI=1S/C15H15NO2/c17-14-9-13(16-8-7-10-5-6-10)15(18)12-4-2-1-3-11(12)14/h1-4,9-10,16H,5-8H2. The van der Waals surface area contributed by atoms with Gasteiger partial charge in [-0.05, 0) is 12.3 Å². The number of nitrogens with one attached hydrogen (secondary N) is 1. The van der Waals surface area contributed by atoms with Crippen molar-refractivity contribution in [1.29, 1.82) is 0 Å². The molecule has 0 heterocycles. The molecule has 1 aromatic rings. The minimum Gasteiger partial charge on any atom is -0.382 e. The lowest BCUT2D eigenvalue weighted by molar-refractivity contribution is 0.0978. The molecule has 3 heteroatoms. The number of Topliss-reactive ketones (excluding diaryl/α,β-unsaturated/α-hetero) is 1. The van der Waals surface area contributed by atoms with Crippen molar-refractivity contribution in [3.05, 3.63) is 47.2 Å². The zero-order valence-electron chi connectivity index (χ0n) is 10.1. The summed E-state index contributed by atoms with van der Waals surface area (Å²) in [7, 11) is 0. The Kier molecular flexibility index (Phi) is 2.74. The summed E-state index contributed by atoms with van der Waals surface area (Å²) in [5, 5.41) is 3.10. The minimum absolute atomic E-state index is 0.0685. The molecule has 1 saturated carbocycles. The quantitative estimate of drug-likeness (QED) is 0.880. The number of carbonyl (C=O) groups is 2. The average molecular weight is 241 g/mol. The van der Waals surface area contributed by atoms with Crippen molar-refractivity contribution in [3.63, 3.8) is 0 Å². The second kappa shape index (κ2) is 4.41. The van der Waals surface area contributed by atoms with Crippen LogP contribution in [-0.2, 0) is 0 Å². The van der Waals surface area contributed by atoms with Crippen LogP contribution in [0.2, 0.25) is 0 Å². The molecule has 0 aliphatic heterocycles. The highest BCUT2D eigenvalue weighted by Gasteiger charge is 2.25. The van der Waals surface area contributed by atoms with Gasteiger partial charge in [-0.25, -0.2) is 0 Å². The van der Waals surface area contributed by atoms with Crippen LogP contribution in [0.5, 0.6) is 0 Å². The van der Waals surface area contributed by atoms with Crippen LogP contribution in [0.25, 0.3) is 0 Å². The molecule has 0 saturated heterocycles. The summed E-state index contributed by atoms with van der Waals surface area (Å²) in [6.45, 7) is 0.775. The van der Waals surface area contributed by atoms with E-state index in [1.165, 1.54) is 18.9 Å². The summed E-state index contributed by atoms with van der Waals surface area (Å²) in [4.78, 5) is 24.1. The maximum atomic E-state index is 12.2. The van der Waals surface area contributed by atoms with E-state index in [9.17, 15) is 9.59 Å². The van der Waals surface area contributed by atoms with E-state index in [0.29, 0.717) is 16.8 Å². The van der Waals surface area contributed by atoms with Crippen LogP contribution in [-0.4, -0.2) is 18.1 Å². The highest BCUT2D eigenvalue weighted by molar-refractivity contribution is 6.24. The lowest BCUT2D eigenvalue weighted by Crippen LogP contribution is -2.27. The smallest absolute Gasteiger partial charge is 0.209 e. The first kappa shape index (κ1) is 11.2. The van der Waals surface area contributed by atoms with E-state index < -0.39 is 0 Å². The van der Waals surface area contributed by atoms with Gasteiger partial charge in [0.1, 0.15) is 0 Å². The topological polar surface area (TPSA) is 46.2 Å². The Morgan fingerprint density at radius 1 is 1.11 bits per heavy atom. The van der Waals surface area contributed by atoms with Gasteiger partial charge in [-0.3, -0.25) is 9.59 Å². The fourth-order valence-corrected chi connectivity index (χ4v) is 2.26. The van der Waals surface area contributed by atoms with Crippen molar-refractivity contribution in [2.75, 3.05) is 6.54 Å². The monoisotopic (exact) mass is 241 g/mol. The predicted octanol–water partition coefficient (Wildman–Crippen LogP) is 2.34. The Labute approximate surface area is 106 Å². The summed E-state index contributed by atoms with van der Waals surface area (Å²) in [6.07, 6.45) is 5.12. The fourth-order valence-electron chi connectivity index (χ4n) is 2.26. The lowest BCUT2D eigenvalue weighted by atomic mass is 9.93. The Morgan fingerprint density at radius 3 is 2.56 bits per heavy atom. The second-order valence-corrected chi connectivity index (χ2v) is 4.96. The van der Waals surface area contributed by atoms with Gasteiger partial charge in [0, 0.05) is 23.7 Å². The summed E-state index contributed by atoms with van der Waals surface area (Å²) in [5.74, 6) is 0.667. The molecule has 18 heavy (non-hydrogen) atoms. The molecule has 0 spiro atoms. The molecule has 3 rings (SSSR count). The molecular formula is C15H15NO2. The third-order valence-electron chi connectivity index (χ3n) is 3.52. The Balaban J connectivity index is 1.76. The van der Waals surface area contributed by atoms with Crippen molar-refractivity contribution in [2.24, 2.45) is 5.92 Å². The summed E-state index contributed by atoms with van der Waals surface area (Å²) in [6, 6.07) is 6.98. The molecule has 0 aromatic heterocycles. The molecule has 0 atom stereocenters. The highest BCUT2D eigenvalue weighted by Crippen LogP contribution is 2.31. The maximum Gasteiger partial charge on any atom is 0.209 e. The molecule has 0 radical (unpaired) electrons. The van der Waals surface area contributed by atoms with E-state index in [4.69, 9.17) is 0 Å². The number of carbonyl (C=O) groups excluding carboxylic acids is 2. The zero-order chi connectivity index (χ0) is 12.5. The minimum atomic E-state index is -0.0841. The van der Waals surface area contributed by atoms with Crippen LogP contribution < -0.4 is 5.32 Å². The zero-order valence-corrected chi connectivity index (χ0v) is 10.1. The first-order valence-electron chi connectivity index (χ1n) is 6.39. The Hall–Kier alpha value is -1.90. The van der Waals surface area contributed by atoms with Crippen molar-refractivity contribution >= 4 is 11.6 Å². The highest BCUT2D eigenvalue weighted by atomic mass is 16.1. The van der Waals surface area contributed by atoms with E-state index in [1.807, 2.05) is 0 Å². The predicted molar refractivity (Wildman–Crippen MR) is 68.5 cm³/mol. The maximum absolute atomic E-state index is 12.2. The van der Waals surface area contributed by atoms with Crippen molar-refractivity contribution in [3.8, 4) is 0 Å². The fraction of sp³-hybridized carbons (Fsp3) is 0.333. The van der Waals surface area contributed by atoms with E-state index in [-0.39, 0.29) is 11.6 Å². The van der Waals surface area contributed by atoms with Crippen LogP contribution in [0.3, 0.4) is 0 Å². The third kappa shape index (κ3) is 2.08. The molecule has 0 amide bonds. The van der Waals surface area contributed by atoms with Crippen LogP contribution in [0, 0.1) is 5.92 Å². The van der Waals surface area contributed by atoms with Crippen molar-refractivity contribution in [2.45, 2.75) is 19.3 Å². The van der Waals surface area contributed by atoms with Gasteiger partial charge in [0.15, 0.2) is 5.78 Å². The summed E-state index contributed by atoms with van der Waals surface area (Å²) >= 11 is 0. The van der Waals surface area contributed by atoms with E-state index in [0.717, 1.165) is 18.9 Å².